The monoisotopic (exact) mass is 293 g/mol. The van der Waals surface area contributed by atoms with Crippen molar-refractivity contribution in [2.75, 3.05) is 19.8 Å². The maximum Gasteiger partial charge on any atom is 0.257 e. The lowest BCUT2D eigenvalue weighted by atomic mass is 9.88. The zero-order chi connectivity index (χ0) is 15.9. The van der Waals surface area contributed by atoms with E-state index in [-0.39, 0.29) is 24.5 Å². The second-order valence-corrected chi connectivity index (χ2v) is 6.28. The number of amides is 1. The molecule has 1 rings (SSSR count). The molecule has 0 heterocycles. The van der Waals surface area contributed by atoms with Crippen LogP contribution in [-0.2, 0) is 4.79 Å². The SMILES string of the molecule is Cc1cccc(C)c1OCC(=O)NCC(C)(C)CCCO. The van der Waals surface area contributed by atoms with Crippen molar-refractivity contribution >= 4 is 5.91 Å². The smallest absolute Gasteiger partial charge is 0.257 e. The molecule has 0 atom stereocenters. The lowest BCUT2D eigenvalue weighted by Gasteiger charge is -2.24. The predicted molar refractivity (Wildman–Crippen MR) is 84.5 cm³/mol. The average Bonchev–Trinajstić information content (AvgIpc) is 2.43. The summed E-state index contributed by atoms with van der Waals surface area (Å²) in [4.78, 5) is 11.9. The van der Waals surface area contributed by atoms with Crippen molar-refractivity contribution < 1.29 is 14.6 Å². The molecule has 0 saturated carbocycles. The summed E-state index contributed by atoms with van der Waals surface area (Å²) >= 11 is 0. The Morgan fingerprint density at radius 1 is 1.29 bits per heavy atom. The summed E-state index contributed by atoms with van der Waals surface area (Å²) < 4.78 is 5.62. The van der Waals surface area contributed by atoms with E-state index in [2.05, 4.69) is 19.2 Å². The lowest BCUT2D eigenvalue weighted by Crippen LogP contribution is -2.37. The first-order chi connectivity index (χ1) is 9.85. The van der Waals surface area contributed by atoms with E-state index in [4.69, 9.17) is 9.84 Å². The van der Waals surface area contributed by atoms with Gasteiger partial charge in [0.15, 0.2) is 6.61 Å². The fourth-order valence-electron chi connectivity index (χ4n) is 2.20. The molecule has 0 radical (unpaired) electrons. The number of aryl methyl sites for hydroxylation is 2. The molecule has 0 unspecified atom stereocenters. The molecule has 4 nitrogen and oxygen atoms in total. The van der Waals surface area contributed by atoms with E-state index in [9.17, 15) is 4.79 Å². The summed E-state index contributed by atoms with van der Waals surface area (Å²) in [6, 6.07) is 5.91. The highest BCUT2D eigenvalue weighted by Crippen LogP contribution is 2.22. The predicted octanol–water partition coefficient (Wildman–Crippen LogP) is 2.60. The Hall–Kier alpha value is -1.55. The van der Waals surface area contributed by atoms with Crippen molar-refractivity contribution in [3.8, 4) is 5.75 Å². The molecule has 21 heavy (non-hydrogen) atoms. The van der Waals surface area contributed by atoms with Crippen molar-refractivity contribution in [3.05, 3.63) is 29.3 Å². The second-order valence-electron chi connectivity index (χ2n) is 6.28. The van der Waals surface area contributed by atoms with E-state index in [1.165, 1.54) is 0 Å². The minimum absolute atomic E-state index is 0.0169. The highest BCUT2D eigenvalue weighted by Gasteiger charge is 2.18. The summed E-state index contributed by atoms with van der Waals surface area (Å²) in [5.74, 6) is 0.668. The Bertz CT molecular complexity index is 449. The van der Waals surface area contributed by atoms with Crippen LogP contribution in [0.15, 0.2) is 18.2 Å². The number of carbonyl (C=O) groups is 1. The molecule has 0 saturated heterocycles. The number of hydrogen-bond donors (Lipinski definition) is 2. The molecule has 4 heteroatoms. The number of rotatable bonds is 8. The number of carbonyl (C=O) groups excluding carboxylic acids is 1. The number of nitrogens with one attached hydrogen (secondary N) is 1. The molecule has 0 fully saturated rings. The first kappa shape index (κ1) is 17.5. The Morgan fingerprint density at radius 2 is 1.90 bits per heavy atom. The van der Waals surface area contributed by atoms with Gasteiger partial charge >= 0.3 is 0 Å². The quantitative estimate of drug-likeness (QED) is 0.774. The van der Waals surface area contributed by atoms with Crippen LogP contribution in [0.4, 0.5) is 0 Å². The van der Waals surface area contributed by atoms with E-state index in [1.807, 2.05) is 32.0 Å². The van der Waals surface area contributed by atoms with E-state index in [0.717, 1.165) is 29.7 Å². The van der Waals surface area contributed by atoms with E-state index in [0.29, 0.717) is 6.54 Å². The third-order valence-corrected chi connectivity index (χ3v) is 3.53. The molecular weight excluding hydrogens is 266 g/mol. The summed E-state index contributed by atoms with van der Waals surface area (Å²) in [5, 5.41) is 11.8. The number of aliphatic hydroxyl groups is 1. The first-order valence-corrected chi connectivity index (χ1v) is 7.42. The molecule has 118 valence electrons. The second kappa shape index (κ2) is 8.03. The van der Waals surface area contributed by atoms with Gasteiger partial charge < -0.3 is 15.2 Å². The molecule has 0 bridgehead atoms. The van der Waals surface area contributed by atoms with Gasteiger partial charge in [0.05, 0.1) is 0 Å². The van der Waals surface area contributed by atoms with Gasteiger partial charge in [-0.25, -0.2) is 0 Å². The van der Waals surface area contributed by atoms with E-state index in [1.54, 1.807) is 0 Å². The van der Waals surface area contributed by atoms with Crippen molar-refractivity contribution in [2.24, 2.45) is 5.41 Å². The van der Waals surface area contributed by atoms with Gasteiger partial charge in [-0.2, -0.15) is 0 Å². The van der Waals surface area contributed by atoms with Crippen LogP contribution < -0.4 is 10.1 Å². The van der Waals surface area contributed by atoms with E-state index >= 15 is 0 Å². The van der Waals surface area contributed by atoms with Crippen molar-refractivity contribution in [3.63, 3.8) is 0 Å². The highest BCUT2D eigenvalue weighted by molar-refractivity contribution is 5.77. The zero-order valence-corrected chi connectivity index (χ0v) is 13.5. The van der Waals surface area contributed by atoms with Crippen molar-refractivity contribution in [2.45, 2.75) is 40.5 Å². The molecule has 0 spiro atoms. The fraction of sp³-hybridized carbons (Fsp3) is 0.588. The van der Waals surface area contributed by atoms with Crippen LogP contribution in [0, 0.1) is 19.3 Å². The Kier molecular flexibility index (Phi) is 6.69. The molecule has 0 aromatic heterocycles. The van der Waals surface area contributed by atoms with Crippen LogP contribution in [-0.4, -0.2) is 30.8 Å². The van der Waals surface area contributed by atoms with E-state index < -0.39 is 0 Å². The van der Waals surface area contributed by atoms with Crippen LogP contribution in [0.1, 0.15) is 37.8 Å². The molecule has 1 aromatic rings. The minimum Gasteiger partial charge on any atom is -0.483 e. The first-order valence-electron chi connectivity index (χ1n) is 7.42. The van der Waals surface area contributed by atoms with Gasteiger partial charge in [-0.15, -0.1) is 0 Å². The molecule has 1 amide bonds. The largest absolute Gasteiger partial charge is 0.483 e. The van der Waals surface area contributed by atoms with Gasteiger partial charge in [0, 0.05) is 13.2 Å². The molecule has 0 aliphatic carbocycles. The van der Waals surface area contributed by atoms with Crippen LogP contribution in [0.5, 0.6) is 5.75 Å². The normalized spacial score (nSPS) is 11.3. The Morgan fingerprint density at radius 3 is 2.48 bits per heavy atom. The third-order valence-electron chi connectivity index (χ3n) is 3.53. The van der Waals surface area contributed by atoms with Gasteiger partial charge in [-0.1, -0.05) is 32.0 Å². The van der Waals surface area contributed by atoms with Gasteiger partial charge in [0.2, 0.25) is 0 Å². The summed E-state index contributed by atoms with van der Waals surface area (Å²) in [6.45, 7) is 8.90. The molecule has 2 N–H and O–H groups in total. The van der Waals surface area contributed by atoms with Crippen LogP contribution >= 0.6 is 0 Å². The minimum atomic E-state index is -0.116. The molecular formula is C17H27NO3. The van der Waals surface area contributed by atoms with Crippen LogP contribution in [0.25, 0.3) is 0 Å². The Balaban J connectivity index is 2.41. The standard InChI is InChI=1S/C17H27NO3/c1-13-7-5-8-14(2)16(13)21-11-15(20)18-12-17(3,4)9-6-10-19/h5,7-8,19H,6,9-12H2,1-4H3,(H,18,20). The summed E-state index contributed by atoms with van der Waals surface area (Å²) in [6.07, 6.45) is 1.63. The molecule has 0 aliphatic rings. The summed E-state index contributed by atoms with van der Waals surface area (Å²) in [5.41, 5.74) is 2.05. The maximum atomic E-state index is 11.9. The summed E-state index contributed by atoms with van der Waals surface area (Å²) in [7, 11) is 0. The molecule has 1 aromatic carbocycles. The van der Waals surface area contributed by atoms with Crippen molar-refractivity contribution in [1.29, 1.82) is 0 Å². The third kappa shape index (κ3) is 6.17. The Labute approximate surface area is 127 Å². The zero-order valence-electron chi connectivity index (χ0n) is 13.5. The van der Waals surface area contributed by atoms with Gasteiger partial charge in [0.1, 0.15) is 5.75 Å². The van der Waals surface area contributed by atoms with Crippen molar-refractivity contribution in [1.82, 2.24) is 5.32 Å². The topological polar surface area (TPSA) is 58.6 Å². The van der Waals surface area contributed by atoms with Crippen LogP contribution in [0.3, 0.4) is 0 Å². The number of benzene rings is 1. The van der Waals surface area contributed by atoms with Crippen LogP contribution in [0.2, 0.25) is 0 Å². The van der Waals surface area contributed by atoms with Gasteiger partial charge in [-0.3, -0.25) is 4.79 Å². The van der Waals surface area contributed by atoms with Gasteiger partial charge in [0.25, 0.3) is 5.91 Å². The highest BCUT2D eigenvalue weighted by atomic mass is 16.5. The fourth-order valence-corrected chi connectivity index (χ4v) is 2.20. The number of hydrogen-bond acceptors (Lipinski definition) is 3. The number of ether oxygens (including phenoxy) is 1. The number of aliphatic hydroxyl groups excluding tert-OH is 1. The average molecular weight is 293 g/mol. The number of para-hydroxylation sites is 1. The molecule has 0 aliphatic heterocycles. The maximum absolute atomic E-state index is 11.9. The van der Waals surface area contributed by atoms with Gasteiger partial charge in [-0.05, 0) is 43.2 Å². The lowest BCUT2D eigenvalue weighted by molar-refractivity contribution is -0.123.